The zero-order valence-corrected chi connectivity index (χ0v) is 19.1. The third kappa shape index (κ3) is 6.47. The van der Waals surface area contributed by atoms with E-state index < -0.39 is 5.60 Å². The molecule has 1 aliphatic heterocycles. The Bertz CT molecular complexity index is 745. The van der Waals surface area contributed by atoms with Crippen LogP contribution in [-0.4, -0.2) is 71.9 Å². The summed E-state index contributed by atoms with van der Waals surface area (Å²) in [5, 5.41) is 0. The van der Waals surface area contributed by atoms with Gasteiger partial charge in [-0.1, -0.05) is 12.1 Å². The van der Waals surface area contributed by atoms with Crippen molar-refractivity contribution in [1.29, 1.82) is 0 Å². The Hall–Kier alpha value is -2.57. The van der Waals surface area contributed by atoms with Crippen molar-refractivity contribution in [2.75, 3.05) is 33.7 Å². The first-order chi connectivity index (χ1) is 14.0. The number of hydrogen-bond donors (Lipinski definition) is 0. The number of carbonyl (C=O) groups is 3. The van der Waals surface area contributed by atoms with Crippen molar-refractivity contribution in [2.24, 2.45) is 5.92 Å². The number of rotatable bonds is 5. The average Bonchev–Trinajstić information content (AvgIpc) is 2.70. The van der Waals surface area contributed by atoms with E-state index in [1.54, 1.807) is 36.0 Å². The van der Waals surface area contributed by atoms with Crippen LogP contribution in [0.1, 0.15) is 56.5 Å². The molecule has 0 saturated carbocycles. The molecule has 0 aliphatic carbocycles. The number of benzene rings is 1. The second kappa shape index (κ2) is 9.96. The Balaban J connectivity index is 1.92. The van der Waals surface area contributed by atoms with E-state index in [-0.39, 0.29) is 23.8 Å². The fourth-order valence-corrected chi connectivity index (χ4v) is 3.47. The van der Waals surface area contributed by atoms with Crippen molar-refractivity contribution in [3.63, 3.8) is 0 Å². The fourth-order valence-electron chi connectivity index (χ4n) is 3.47. The van der Waals surface area contributed by atoms with E-state index in [1.165, 1.54) is 0 Å². The first kappa shape index (κ1) is 23.7. The van der Waals surface area contributed by atoms with E-state index in [4.69, 9.17) is 4.74 Å². The van der Waals surface area contributed by atoms with Crippen LogP contribution >= 0.6 is 0 Å². The molecule has 1 fully saturated rings. The molecular weight excluding hydrogens is 382 g/mol. The lowest BCUT2D eigenvalue weighted by Crippen LogP contribution is -2.45. The molecule has 7 nitrogen and oxygen atoms in total. The van der Waals surface area contributed by atoms with Gasteiger partial charge in [0.1, 0.15) is 5.60 Å². The van der Waals surface area contributed by atoms with Gasteiger partial charge in [0.25, 0.3) is 5.91 Å². The van der Waals surface area contributed by atoms with E-state index in [9.17, 15) is 14.4 Å². The summed E-state index contributed by atoms with van der Waals surface area (Å²) in [7, 11) is 3.45. The molecule has 30 heavy (non-hydrogen) atoms. The molecule has 7 heteroatoms. The second-order valence-electron chi connectivity index (χ2n) is 8.99. The Kier molecular flexibility index (Phi) is 7.87. The maximum atomic E-state index is 13.0. The first-order valence-electron chi connectivity index (χ1n) is 10.6. The molecule has 0 bridgehead atoms. The molecule has 166 valence electrons. The number of amides is 3. The van der Waals surface area contributed by atoms with Gasteiger partial charge in [-0.15, -0.1) is 0 Å². The van der Waals surface area contributed by atoms with Crippen molar-refractivity contribution in [2.45, 2.75) is 52.7 Å². The molecule has 0 unspecified atom stereocenters. The van der Waals surface area contributed by atoms with Crippen molar-refractivity contribution in [3.8, 4) is 0 Å². The van der Waals surface area contributed by atoms with Crippen LogP contribution in [0.25, 0.3) is 0 Å². The monoisotopic (exact) mass is 417 g/mol. The van der Waals surface area contributed by atoms with Gasteiger partial charge < -0.3 is 19.4 Å². The van der Waals surface area contributed by atoms with E-state index in [1.807, 2.05) is 44.7 Å². The molecule has 0 atom stereocenters. The maximum Gasteiger partial charge on any atom is 0.410 e. The highest BCUT2D eigenvalue weighted by molar-refractivity contribution is 5.93. The largest absolute Gasteiger partial charge is 0.444 e. The van der Waals surface area contributed by atoms with E-state index in [0.717, 1.165) is 5.56 Å². The molecule has 0 aromatic heterocycles. The summed E-state index contributed by atoms with van der Waals surface area (Å²) in [5.74, 6) is -0.00488. The van der Waals surface area contributed by atoms with Crippen LogP contribution in [-0.2, 0) is 16.1 Å². The number of ether oxygens (including phenoxy) is 1. The van der Waals surface area contributed by atoms with Crippen LogP contribution in [0.4, 0.5) is 4.79 Å². The highest BCUT2D eigenvalue weighted by Crippen LogP contribution is 2.22. The highest BCUT2D eigenvalue weighted by Gasteiger charge is 2.31. The lowest BCUT2D eigenvalue weighted by Gasteiger charge is -2.35. The SMILES string of the molecule is CCN(Cc1ccc(C(=O)N(C)C)cc1)C(=O)C1CCN(C(=O)OC(C)(C)C)CC1. The van der Waals surface area contributed by atoms with Crippen LogP contribution in [0.15, 0.2) is 24.3 Å². The molecule has 1 saturated heterocycles. The number of hydrogen-bond acceptors (Lipinski definition) is 4. The molecule has 1 aromatic rings. The van der Waals surface area contributed by atoms with Gasteiger partial charge in [0.2, 0.25) is 5.91 Å². The summed E-state index contributed by atoms with van der Waals surface area (Å²) in [6.45, 7) is 9.71. The summed E-state index contributed by atoms with van der Waals surface area (Å²) in [6.07, 6.45) is 0.975. The lowest BCUT2D eigenvalue weighted by atomic mass is 9.95. The average molecular weight is 418 g/mol. The van der Waals surface area contributed by atoms with Crippen LogP contribution in [0.3, 0.4) is 0 Å². The van der Waals surface area contributed by atoms with Crippen molar-refractivity contribution in [1.82, 2.24) is 14.7 Å². The Labute approximate surface area is 180 Å². The number of piperidine rings is 1. The molecule has 0 spiro atoms. The highest BCUT2D eigenvalue weighted by atomic mass is 16.6. The molecular formula is C23H35N3O4. The summed E-state index contributed by atoms with van der Waals surface area (Å²) in [5.41, 5.74) is 1.11. The Morgan fingerprint density at radius 2 is 1.63 bits per heavy atom. The maximum absolute atomic E-state index is 13.0. The third-order valence-electron chi connectivity index (χ3n) is 5.17. The van der Waals surface area contributed by atoms with Crippen LogP contribution in [0.5, 0.6) is 0 Å². The minimum atomic E-state index is -0.518. The molecule has 1 aromatic carbocycles. The molecule has 1 aliphatic rings. The van der Waals surface area contributed by atoms with Gasteiger partial charge in [-0.2, -0.15) is 0 Å². The van der Waals surface area contributed by atoms with Crippen LogP contribution < -0.4 is 0 Å². The molecule has 3 amide bonds. The summed E-state index contributed by atoms with van der Waals surface area (Å²) in [6, 6.07) is 7.40. The van der Waals surface area contributed by atoms with Crippen molar-refractivity contribution < 1.29 is 19.1 Å². The minimum absolute atomic E-state index is 0.0401. The summed E-state index contributed by atoms with van der Waals surface area (Å²) in [4.78, 5) is 42.4. The van der Waals surface area contributed by atoms with Crippen molar-refractivity contribution in [3.05, 3.63) is 35.4 Å². The Morgan fingerprint density at radius 3 is 2.10 bits per heavy atom. The Morgan fingerprint density at radius 1 is 1.07 bits per heavy atom. The molecule has 0 N–H and O–H groups in total. The van der Waals surface area contributed by atoms with Gasteiger partial charge in [-0.25, -0.2) is 4.79 Å². The normalized spacial score (nSPS) is 14.9. The fraction of sp³-hybridized carbons (Fsp3) is 0.609. The summed E-state index contributed by atoms with van der Waals surface area (Å²) < 4.78 is 5.43. The van der Waals surface area contributed by atoms with Gasteiger partial charge in [0.15, 0.2) is 0 Å². The van der Waals surface area contributed by atoms with Gasteiger partial charge in [-0.05, 0) is 58.2 Å². The standard InChI is InChI=1S/C23H35N3O4/c1-7-25(16-17-8-10-18(11-9-17)20(27)24(5)6)21(28)19-12-14-26(15-13-19)22(29)30-23(2,3)4/h8-11,19H,7,12-16H2,1-6H3. The van der Waals surface area contributed by atoms with Crippen LogP contribution in [0, 0.1) is 5.92 Å². The van der Waals surface area contributed by atoms with E-state index in [2.05, 4.69) is 0 Å². The predicted molar refractivity (Wildman–Crippen MR) is 116 cm³/mol. The number of likely N-dealkylation sites (tertiary alicyclic amines) is 1. The first-order valence-corrected chi connectivity index (χ1v) is 10.6. The quantitative estimate of drug-likeness (QED) is 0.736. The molecule has 0 radical (unpaired) electrons. The second-order valence-corrected chi connectivity index (χ2v) is 8.99. The zero-order chi connectivity index (χ0) is 22.5. The smallest absolute Gasteiger partial charge is 0.410 e. The lowest BCUT2D eigenvalue weighted by molar-refractivity contribution is -0.137. The molecule has 1 heterocycles. The van der Waals surface area contributed by atoms with Gasteiger partial charge in [0, 0.05) is 51.8 Å². The van der Waals surface area contributed by atoms with Gasteiger partial charge in [-0.3, -0.25) is 9.59 Å². The number of carbonyl (C=O) groups excluding carboxylic acids is 3. The van der Waals surface area contributed by atoms with Crippen molar-refractivity contribution >= 4 is 17.9 Å². The minimum Gasteiger partial charge on any atom is -0.444 e. The molecule has 2 rings (SSSR count). The number of nitrogens with zero attached hydrogens (tertiary/aromatic N) is 3. The topological polar surface area (TPSA) is 70.2 Å². The summed E-state index contributed by atoms with van der Waals surface area (Å²) >= 11 is 0. The third-order valence-corrected chi connectivity index (χ3v) is 5.17. The van der Waals surface area contributed by atoms with Gasteiger partial charge >= 0.3 is 6.09 Å². The van der Waals surface area contributed by atoms with E-state index >= 15 is 0 Å². The van der Waals surface area contributed by atoms with E-state index in [0.29, 0.717) is 44.6 Å². The predicted octanol–water partition coefficient (Wildman–Crippen LogP) is 3.38. The van der Waals surface area contributed by atoms with Gasteiger partial charge in [0.05, 0.1) is 0 Å². The zero-order valence-electron chi connectivity index (χ0n) is 19.1. The van der Waals surface area contributed by atoms with Crippen LogP contribution in [0.2, 0.25) is 0 Å².